The first-order valence-corrected chi connectivity index (χ1v) is 10.6. The maximum Gasteiger partial charge on any atom is 0.261 e. The summed E-state index contributed by atoms with van der Waals surface area (Å²) in [7, 11) is -3.09. The topological polar surface area (TPSA) is 91.8 Å². The Morgan fingerprint density at radius 1 is 1.19 bits per heavy atom. The van der Waals surface area contributed by atoms with Crippen LogP contribution in [0.15, 0.2) is 24.3 Å². The van der Waals surface area contributed by atoms with Crippen molar-refractivity contribution in [2.24, 2.45) is 0 Å². The van der Waals surface area contributed by atoms with Gasteiger partial charge >= 0.3 is 0 Å². The zero-order chi connectivity index (χ0) is 18.9. The van der Waals surface area contributed by atoms with Crippen LogP contribution >= 0.6 is 0 Å². The van der Waals surface area contributed by atoms with E-state index in [2.05, 4.69) is 0 Å². The molecule has 140 valence electrons. The number of hydrogen-bond donors (Lipinski definition) is 0. The zero-order valence-corrected chi connectivity index (χ0v) is 15.5. The summed E-state index contributed by atoms with van der Waals surface area (Å²) in [5.41, 5.74) is 0.717. The number of rotatable bonds is 6. The van der Waals surface area contributed by atoms with E-state index in [9.17, 15) is 22.8 Å². The van der Waals surface area contributed by atoms with E-state index in [0.717, 1.165) is 11.3 Å². The fraction of sp³-hybridized carbons (Fsp3) is 0.500. The first kappa shape index (κ1) is 18.6. The largest absolute Gasteiger partial charge is 0.339 e. The average Bonchev–Trinajstić information content (AvgIpc) is 3.09. The number of hydrogen-bond acceptors (Lipinski definition) is 5. The molecule has 1 aromatic carbocycles. The van der Waals surface area contributed by atoms with Gasteiger partial charge in [-0.3, -0.25) is 19.3 Å². The average molecular weight is 378 g/mol. The molecule has 1 aromatic rings. The van der Waals surface area contributed by atoms with Gasteiger partial charge in [0.2, 0.25) is 5.91 Å². The minimum absolute atomic E-state index is 0.00200. The Morgan fingerprint density at radius 2 is 1.81 bits per heavy atom. The number of carbonyl (C=O) groups excluding carboxylic acids is 3. The zero-order valence-electron chi connectivity index (χ0n) is 14.7. The van der Waals surface area contributed by atoms with Crippen molar-refractivity contribution in [2.75, 3.05) is 24.6 Å². The second kappa shape index (κ2) is 7.19. The molecule has 0 radical (unpaired) electrons. The van der Waals surface area contributed by atoms with Crippen LogP contribution in [0.3, 0.4) is 0 Å². The molecule has 3 rings (SSSR count). The highest BCUT2D eigenvalue weighted by molar-refractivity contribution is 7.91. The van der Waals surface area contributed by atoms with Crippen molar-refractivity contribution in [3.8, 4) is 0 Å². The third-order valence-electron chi connectivity index (χ3n) is 4.86. The highest BCUT2D eigenvalue weighted by Gasteiger charge is 2.37. The normalized spacial score (nSPS) is 21.1. The smallest absolute Gasteiger partial charge is 0.261 e. The van der Waals surface area contributed by atoms with Gasteiger partial charge in [0.25, 0.3) is 11.8 Å². The van der Waals surface area contributed by atoms with E-state index < -0.39 is 9.84 Å². The highest BCUT2D eigenvalue weighted by Crippen LogP contribution is 2.23. The van der Waals surface area contributed by atoms with Crippen LogP contribution in [-0.2, 0) is 14.6 Å². The number of benzene rings is 1. The molecule has 26 heavy (non-hydrogen) atoms. The summed E-state index contributed by atoms with van der Waals surface area (Å²) in [5, 5.41) is 0. The van der Waals surface area contributed by atoms with Crippen LogP contribution in [0.4, 0.5) is 0 Å². The van der Waals surface area contributed by atoms with E-state index in [1.54, 1.807) is 29.2 Å². The summed E-state index contributed by atoms with van der Waals surface area (Å²) < 4.78 is 23.4. The summed E-state index contributed by atoms with van der Waals surface area (Å²) in [6, 6.07) is 6.29. The number of carbonyl (C=O) groups is 3. The lowest BCUT2D eigenvalue weighted by atomic mass is 10.1. The number of amides is 3. The Bertz CT molecular complexity index is 814. The number of sulfone groups is 1. The molecular weight excluding hydrogens is 356 g/mol. The molecule has 3 amide bonds. The number of nitrogens with zero attached hydrogens (tertiary/aromatic N) is 2. The molecule has 0 saturated carbocycles. The van der Waals surface area contributed by atoms with Crippen molar-refractivity contribution >= 4 is 27.6 Å². The van der Waals surface area contributed by atoms with Crippen molar-refractivity contribution < 1.29 is 22.8 Å². The summed E-state index contributed by atoms with van der Waals surface area (Å²) >= 11 is 0. The second-order valence-electron chi connectivity index (χ2n) is 6.70. The number of imide groups is 1. The van der Waals surface area contributed by atoms with Crippen LogP contribution in [0.25, 0.3) is 0 Å². The van der Waals surface area contributed by atoms with E-state index in [-0.39, 0.29) is 48.2 Å². The molecule has 0 N–H and O–H groups in total. The fourth-order valence-corrected chi connectivity index (χ4v) is 5.30. The first-order chi connectivity index (χ1) is 12.3. The van der Waals surface area contributed by atoms with E-state index in [1.165, 1.54) is 0 Å². The van der Waals surface area contributed by atoms with E-state index in [1.807, 2.05) is 6.92 Å². The van der Waals surface area contributed by atoms with Crippen molar-refractivity contribution in [3.63, 3.8) is 0 Å². The predicted octanol–water partition coefficient (Wildman–Crippen LogP) is 1.10. The third kappa shape index (κ3) is 3.51. The van der Waals surface area contributed by atoms with Gasteiger partial charge in [-0.05, 0) is 25.0 Å². The Kier molecular flexibility index (Phi) is 5.13. The van der Waals surface area contributed by atoms with E-state index >= 15 is 0 Å². The minimum atomic E-state index is -3.09. The maximum atomic E-state index is 12.7. The Labute approximate surface area is 152 Å². The van der Waals surface area contributed by atoms with Crippen LogP contribution in [0.5, 0.6) is 0 Å². The molecule has 1 fully saturated rings. The molecule has 2 aliphatic heterocycles. The van der Waals surface area contributed by atoms with Gasteiger partial charge in [0.1, 0.15) is 0 Å². The summed E-state index contributed by atoms with van der Waals surface area (Å²) in [6.45, 7) is 2.40. The van der Waals surface area contributed by atoms with Gasteiger partial charge in [0.15, 0.2) is 9.84 Å². The molecule has 7 nitrogen and oxygen atoms in total. The van der Waals surface area contributed by atoms with Gasteiger partial charge in [-0.15, -0.1) is 0 Å². The van der Waals surface area contributed by atoms with Crippen molar-refractivity contribution in [1.82, 2.24) is 9.80 Å². The van der Waals surface area contributed by atoms with Gasteiger partial charge in [-0.2, -0.15) is 0 Å². The summed E-state index contributed by atoms with van der Waals surface area (Å²) in [5.74, 6) is -0.895. The molecular formula is C18H22N2O5S. The lowest BCUT2D eigenvalue weighted by molar-refractivity contribution is -0.133. The molecule has 0 bridgehead atoms. The fourth-order valence-electron chi connectivity index (χ4n) is 3.57. The molecule has 0 aromatic heterocycles. The molecule has 2 aliphatic rings. The van der Waals surface area contributed by atoms with Gasteiger partial charge in [-0.25, -0.2) is 8.42 Å². The molecule has 1 saturated heterocycles. The third-order valence-corrected chi connectivity index (χ3v) is 6.61. The van der Waals surface area contributed by atoms with Gasteiger partial charge < -0.3 is 4.90 Å². The molecule has 1 atom stereocenters. The molecule has 0 aliphatic carbocycles. The lowest BCUT2D eigenvalue weighted by Crippen LogP contribution is -2.43. The van der Waals surface area contributed by atoms with Crippen LogP contribution in [0, 0.1) is 0 Å². The Hall–Kier alpha value is -2.22. The standard InChI is InChI=1S/C18H22N2O5S/c1-2-9-19(13-8-11-26(24,25)12-13)16(21)7-10-20-17(22)14-5-3-4-6-15(14)18(20)23/h3-6,13H,2,7-12H2,1H3. The van der Waals surface area contributed by atoms with Gasteiger partial charge in [0, 0.05) is 25.6 Å². The van der Waals surface area contributed by atoms with E-state index in [0.29, 0.717) is 24.1 Å². The predicted molar refractivity (Wildman–Crippen MR) is 95.5 cm³/mol. The van der Waals surface area contributed by atoms with Crippen LogP contribution in [0.2, 0.25) is 0 Å². The number of fused-ring (bicyclic) bond motifs is 1. The monoisotopic (exact) mass is 378 g/mol. The van der Waals surface area contributed by atoms with Gasteiger partial charge in [-0.1, -0.05) is 19.1 Å². The Balaban J connectivity index is 1.66. The van der Waals surface area contributed by atoms with Crippen LogP contribution < -0.4 is 0 Å². The highest BCUT2D eigenvalue weighted by atomic mass is 32.2. The van der Waals surface area contributed by atoms with Gasteiger partial charge in [0.05, 0.1) is 22.6 Å². The second-order valence-corrected chi connectivity index (χ2v) is 8.93. The van der Waals surface area contributed by atoms with Crippen LogP contribution in [-0.4, -0.2) is 66.6 Å². The molecule has 1 unspecified atom stereocenters. The van der Waals surface area contributed by atoms with Crippen molar-refractivity contribution in [3.05, 3.63) is 35.4 Å². The quantitative estimate of drug-likeness (QED) is 0.691. The molecule has 0 spiro atoms. The molecule has 8 heteroatoms. The molecule has 2 heterocycles. The van der Waals surface area contributed by atoms with Crippen molar-refractivity contribution in [2.45, 2.75) is 32.2 Å². The summed E-state index contributed by atoms with van der Waals surface area (Å²) in [6.07, 6.45) is 1.17. The maximum absolute atomic E-state index is 12.7. The van der Waals surface area contributed by atoms with Crippen molar-refractivity contribution in [1.29, 1.82) is 0 Å². The lowest BCUT2D eigenvalue weighted by Gasteiger charge is -2.28. The van der Waals surface area contributed by atoms with Crippen LogP contribution in [0.1, 0.15) is 46.9 Å². The minimum Gasteiger partial charge on any atom is -0.339 e. The summed E-state index contributed by atoms with van der Waals surface area (Å²) in [4.78, 5) is 40.1. The van der Waals surface area contributed by atoms with E-state index in [4.69, 9.17) is 0 Å². The first-order valence-electron chi connectivity index (χ1n) is 8.79. The SMILES string of the molecule is CCCN(C(=O)CCN1C(=O)c2ccccc2C1=O)C1CCS(=O)(=O)C1. The Morgan fingerprint density at radius 3 is 2.31 bits per heavy atom.